The second kappa shape index (κ2) is 8.89. The minimum atomic E-state index is -4.47. The molecular formula is C26H18ClF3N2OS. The highest BCUT2D eigenvalue weighted by Gasteiger charge is 2.34. The first kappa shape index (κ1) is 22.6. The number of anilines is 1. The van der Waals surface area contributed by atoms with E-state index < -0.39 is 11.7 Å². The van der Waals surface area contributed by atoms with E-state index in [1.54, 1.807) is 28.4 Å². The maximum Gasteiger partial charge on any atom is 0.416 e. The summed E-state index contributed by atoms with van der Waals surface area (Å²) in [6, 6.07) is 19.9. The first-order chi connectivity index (χ1) is 16.3. The highest BCUT2D eigenvalue weighted by atomic mass is 35.5. The minimum Gasteiger partial charge on any atom is -0.306 e. The predicted molar refractivity (Wildman–Crippen MR) is 132 cm³/mol. The van der Waals surface area contributed by atoms with Crippen molar-refractivity contribution in [3.63, 3.8) is 0 Å². The summed E-state index contributed by atoms with van der Waals surface area (Å²) < 4.78 is 40.5. The van der Waals surface area contributed by atoms with Crippen molar-refractivity contribution in [2.75, 3.05) is 11.4 Å². The zero-order valence-electron chi connectivity index (χ0n) is 17.8. The average Bonchev–Trinajstić information content (AvgIpc) is 3.32. The molecule has 0 saturated heterocycles. The lowest BCUT2D eigenvalue weighted by atomic mass is 10.1. The molecule has 0 radical (unpaired) electrons. The molecule has 0 unspecified atom stereocenters. The maximum absolute atomic E-state index is 13.2. The molecular weight excluding hydrogens is 481 g/mol. The molecule has 5 rings (SSSR count). The fourth-order valence-electron chi connectivity index (χ4n) is 4.08. The van der Waals surface area contributed by atoms with Gasteiger partial charge in [-0.25, -0.2) is 4.99 Å². The lowest BCUT2D eigenvalue weighted by molar-refractivity contribution is -0.137. The van der Waals surface area contributed by atoms with Gasteiger partial charge in [0.2, 0.25) is 0 Å². The molecule has 0 atom stereocenters. The van der Waals surface area contributed by atoms with Crippen molar-refractivity contribution >= 4 is 56.0 Å². The Balaban J connectivity index is 1.37. The van der Waals surface area contributed by atoms with Crippen LogP contribution in [-0.4, -0.2) is 18.2 Å². The number of rotatable bonds is 5. The van der Waals surface area contributed by atoms with Gasteiger partial charge < -0.3 is 4.90 Å². The third-order valence-electron chi connectivity index (χ3n) is 5.65. The number of alkyl halides is 3. The van der Waals surface area contributed by atoms with E-state index in [9.17, 15) is 18.0 Å². The molecule has 0 aliphatic carbocycles. The minimum absolute atomic E-state index is 0.0961. The number of hydrogen-bond donors (Lipinski definition) is 0. The molecule has 3 aromatic carbocycles. The number of hydrogen-bond acceptors (Lipinski definition) is 3. The number of aliphatic imine (C=N–C) groups is 1. The van der Waals surface area contributed by atoms with Gasteiger partial charge >= 0.3 is 6.18 Å². The average molecular weight is 499 g/mol. The van der Waals surface area contributed by atoms with E-state index in [4.69, 9.17) is 11.6 Å². The summed E-state index contributed by atoms with van der Waals surface area (Å²) in [6.45, 7) is 0.479. The van der Waals surface area contributed by atoms with Gasteiger partial charge in [0.05, 0.1) is 16.9 Å². The molecule has 0 fully saturated rings. The SMILES string of the molecule is O=C1C(=Nc2cccc(C(F)(F)F)c2)c2ccccc2N1CCCc1cc2cc(Cl)ccc2s1. The lowest BCUT2D eigenvalue weighted by Gasteiger charge is -2.16. The Kier molecular flexibility index (Phi) is 5.91. The zero-order valence-corrected chi connectivity index (χ0v) is 19.3. The van der Waals surface area contributed by atoms with E-state index >= 15 is 0 Å². The Morgan fingerprint density at radius 2 is 1.79 bits per heavy atom. The highest BCUT2D eigenvalue weighted by molar-refractivity contribution is 7.19. The lowest BCUT2D eigenvalue weighted by Crippen LogP contribution is -2.31. The molecule has 172 valence electrons. The van der Waals surface area contributed by atoms with E-state index in [0.29, 0.717) is 17.1 Å². The van der Waals surface area contributed by atoms with Gasteiger partial charge in [0, 0.05) is 26.7 Å². The second-order valence-corrected chi connectivity index (χ2v) is 9.59. The quantitative estimate of drug-likeness (QED) is 0.278. The van der Waals surface area contributed by atoms with Crippen LogP contribution in [0.3, 0.4) is 0 Å². The first-order valence-electron chi connectivity index (χ1n) is 10.6. The normalized spacial score (nSPS) is 14.9. The summed E-state index contributed by atoms with van der Waals surface area (Å²) in [5.41, 5.74) is 0.808. The Morgan fingerprint density at radius 3 is 2.62 bits per heavy atom. The number of thiophene rings is 1. The van der Waals surface area contributed by atoms with Gasteiger partial charge in [-0.15, -0.1) is 11.3 Å². The van der Waals surface area contributed by atoms with Crippen molar-refractivity contribution in [3.8, 4) is 0 Å². The Bertz CT molecular complexity index is 1430. The molecule has 3 nitrogen and oxygen atoms in total. The van der Waals surface area contributed by atoms with Gasteiger partial charge in [0.1, 0.15) is 5.71 Å². The Labute approximate surface area is 203 Å². The zero-order chi connectivity index (χ0) is 23.9. The molecule has 4 aromatic rings. The van der Waals surface area contributed by atoms with Crippen LogP contribution in [0.4, 0.5) is 24.5 Å². The summed E-state index contributed by atoms with van der Waals surface area (Å²) in [6.07, 6.45) is -2.95. The molecule has 0 spiro atoms. The van der Waals surface area contributed by atoms with Crippen LogP contribution in [0.1, 0.15) is 22.4 Å². The van der Waals surface area contributed by atoms with Crippen LogP contribution in [0.2, 0.25) is 5.02 Å². The molecule has 1 aliphatic heterocycles. The number of fused-ring (bicyclic) bond motifs is 2. The van der Waals surface area contributed by atoms with Crippen LogP contribution >= 0.6 is 22.9 Å². The number of nitrogens with zero attached hydrogens (tertiary/aromatic N) is 2. The summed E-state index contributed by atoms with van der Waals surface area (Å²) in [4.78, 5) is 20.4. The molecule has 1 aromatic heterocycles. The van der Waals surface area contributed by atoms with Crippen molar-refractivity contribution in [1.82, 2.24) is 0 Å². The van der Waals surface area contributed by atoms with Gasteiger partial charge in [-0.2, -0.15) is 13.2 Å². The van der Waals surface area contributed by atoms with Gasteiger partial charge in [-0.05, 0) is 66.8 Å². The summed E-state index contributed by atoms with van der Waals surface area (Å²) in [7, 11) is 0. The molecule has 1 aliphatic rings. The number of aryl methyl sites for hydroxylation is 1. The van der Waals surface area contributed by atoms with E-state index in [2.05, 4.69) is 11.1 Å². The van der Waals surface area contributed by atoms with E-state index in [-0.39, 0.29) is 17.3 Å². The fourth-order valence-corrected chi connectivity index (χ4v) is 5.34. The number of benzene rings is 3. The third-order valence-corrected chi connectivity index (χ3v) is 7.06. The molecule has 34 heavy (non-hydrogen) atoms. The van der Waals surface area contributed by atoms with Crippen molar-refractivity contribution in [2.45, 2.75) is 19.0 Å². The van der Waals surface area contributed by atoms with E-state index in [1.165, 1.54) is 17.0 Å². The van der Waals surface area contributed by atoms with Crippen LogP contribution in [-0.2, 0) is 17.4 Å². The molecule has 0 saturated carbocycles. The molecule has 0 N–H and O–H groups in total. The number of amides is 1. The number of carbonyl (C=O) groups is 1. The molecule has 8 heteroatoms. The molecule has 2 heterocycles. The van der Waals surface area contributed by atoms with Crippen LogP contribution in [0.5, 0.6) is 0 Å². The van der Waals surface area contributed by atoms with Gasteiger partial charge in [0.15, 0.2) is 0 Å². The Hall–Kier alpha value is -3.16. The highest BCUT2D eigenvalue weighted by Crippen LogP contribution is 2.34. The van der Waals surface area contributed by atoms with Crippen molar-refractivity contribution in [1.29, 1.82) is 0 Å². The second-order valence-electron chi connectivity index (χ2n) is 7.98. The van der Waals surface area contributed by atoms with Crippen LogP contribution in [0.25, 0.3) is 10.1 Å². The monoisotopic (exact) mass is 498 g/mol. The van der Waals surface area contributed by atoms with Crippen LogP contribution in [0.15, 0.2) is 77.8 Å². The summed E-state index contributed by atoms with van der Waals surface area (Å²) in [5, 5.41) is 1.80. The van der Waals surface area contributed by atoms with E-state index in [0.717, 1.165) is 40.7 Å². The standard InChI is InChI=1S/C26H18ClF3N2OS/c27-18-10-11-23-16(13-18)14-20(34-23)7-4-12-32-22-9-2-1-8-21(22)24(25(32)33)31-19-6-3-5-17(15-19)26(28,29)30/h1-3,5-6,8-11,13-15H,4,7,12H2. The number of para-hydroxylation sites is 1. The molecule has 1 amide bonds. The largest absolute Gasteiger partial charge is 0.416 e. The Morgan fingerprint density at radius 1 is 0.971 bits per heavy atom. The number of halogens is 4. The van der Waals surface area contributed by atoms with Gasteiger partial charge in [-0.1, -0.05) is 35.9 Å². The van der Waals surface area contributed by atoms with E-state index in [1.807, 2.05) is 30.3 Å². The first-order valence-corrected chi connectivity index (χ1v) is 11.8. The van der Waals surface area contributed by atoms with Crippen molar-refractivity contribution in [2.24, 2.45) is 4.99 Å². The fraction of sp³-hybridized carbons (Fsp3) is 0.154. The third kappa shape index (κ3) is 4.45. The molecule has 0 bridgehead atoms. The van der Waals surface area contributed by atoms with Crippen molar-refractivity contribution < 1.29 is 18.0 Å². The maximum atomic E-state index is 13.2. The predicted octanol–water partition coefficient (Wildman–Crippen LogP) is 7.67. The topological polar surface area (TPSA) is 32.7 Å². The van der Waals surface area contributed by atoms with Gasteiger partial charge in [-0.3, -0.25) is 4.79 Å². The smallest absolute Gasteiger partial charge is 0.306 e. The van der Waals surface area contributed by atoms with Gasteiger partial charge in [0.25, 0.3) is 5.91 Å². The summed E-state index contributed by atoms with van der Waals surface area (Å²) >= 11 is 7.78. The van der Waals surface area contributed by atoms with Crippen LogP contribution < -0.4 is 4.90 Å². The van der Waals surface area contributed by atoms with Crippen molar-refractivity contribution in [3.05, 3.63) is 93.8 Å². The summed E-state index contributed by atoms with van der Waals surface area (Å²) in [5.74, 6) is -0.304. The van der Waals surface area contributed by atoms with Crippen LogP contribution in [0, 0.1) is 0 Å². The number of carbonyl (C=O) groups excluding carboxylic acids is 1.